The van der Waals surface area contributed by atoms with Crippen molar-refractivity contribution in [3.8, 4) is 0 Å². The van der Waals surface area contributed by atoms with Crippen molar-refractivity contribution in [2.45, 2.75) is 26.4 Å². The topological polar surface area (TPSA) is 65.5 Å². The lowest BCUT2D eigenvalue weighted by Crippen LogP contribution is -2.52. The van der Waals surface area contributed by atoms with E-state index in [1.54, 1.807) is 35.6 Å². The quantitative estimate of drug-likeness (QED) is 0.615. The van der Waals surface area contributed by atoms with E-state index in [-0.39, 0.29) is 17.7 Å². The number of ketones is 1. The van der Waals surface area contributed by atoms with E-state index in [0.29, 0.717) is 11.3 Å². The number of amides is 1. The van der Waals surface area contributed by atoms with Gasteiger partial charge in [-0.25, -0.2) is 4.98 Å². The number of nitrogens with zero attached hydrogens (tertiary/aromatic N) is 3. The number of aromatic nitrogens is 1. The van der Waals surface area contributed by atoms with E-state index in [0.717, 1.165) is 43.2 Å². The molecule has 1 amide bonds. The van der Waals surface area contributed by atoms with Gasteiger partial charge in [-0.3, -0.25) is 19.4 Å². The van der Waals surface area contributed by atoms with Crippen molar-refractivity contribution in [2.24, 2.45) is 0 Å². The Balaban J connectivity index is 1.28. The lowest BCUT2D eigenvalue weighted by molar-refractivity contribution is -0.121. The number of hydrogen-bond donors (Lipinski definition) is 1. The molecule has 1 aliphatic heterocycles. The third-order valence-corrected chi connectivity index (χ3v) is 6.61. The summed E-state index contributed by atoms with van der Waals surface area (Å²) < 4.78 is 1.23. The Bertz CT molecular complexity index is 1010. The van der Waals surface area contributed by atoms with Gasteiger partial charge in [0.1, 0.15) is 5.01 Å². The minimum absolute atomic E-state index is 0.0185. The molecule has 0 aliphatic carbocycles. The highest BCUT2D eigenvalue weighted by atomic mass is 32.1. The van der Waals surface area contributed by atoms with Crippen molar-refractivity contribution in [3.05, 3.63) is 59.1 Å². The van der Waals surface area contributed by atoms with Crippen LogP contribution in [0.5, 0.6) is 0 Å². The largest absolute Gasteiger partial charge is 0.325 e. The summed E-state index contributed by atoms with van der Waals surface area (Å²) in [4.78, 5) is 33.4. The lowest BCUT2D eigenvalue weighted by Gasteiger charge is -2.37. The van der Waals surface area contributed by atoms with Crippen LogP contribution in [0.4, 0.5) is 5.69 Å². The molecule has 1 atom stereocenters. The molecule has 1 saturated heterocycles. The number of rotatable bonds is 6. The zero-order valence-electron chi connectivity index (χ0n) is 17.3. The van der Waals surface area contributed by atoms with E-state index in [2.05, 4.69) is 27.2 Å². The molecule has 3 aromatic rings. The monoisotopic (exact) mass is 422 g/mol. The molecule has 1 aromatic heterocycles. The first-order valence-corrected chi connectivity index (χ1v) is 11.0. The lowest BCUT2D eigenvalue weighted by atomic mass is 10.1. The Morgan fingerprint density at radius 2 is 1.77 bits per heavy atom. The Hall–Kier alpha value is -2.61. The van der Waals surface area contributed by atoms with Crippen molar-refractivity contribution >= 4 is 38.9 Å². The smallest absolute Gasteiger partial charge is 0.241 e. The molecule has 7 heteroatoms. The second kappa shape index (κ2) is 9.04. The van der Waals surface area contributed by atoms with E-state index in [9.17, 15) is 9.59 Å². The number of para-hydroxylation sites is 1. The summed E-state index contributed by atoms with van der Waals surface area (Å²) in [6.45, 7) is 7.87. The van der Waals surface area contributed by atoms with Crippen LogP contribution in [-0.4, -0.2) is 58.7 Å². The number of carbonyl (C=O) groups excluding carboxylic acids is 2. The summed E-state index contributed by atoms with van der Waals surface area (Å²) >= 11 is 1.76. The molecule has 1 aliphatic rings. The highest BCUT2D eigenvalue weighted by molar-refractivity contribution is 7.18. The fourth-order valence-electron chi connectivity index (χ4n) is 3.69. The van der Waals surface area contributed by atoms with Crippen LogP contribution in [-0.2, 0) is 11.3 Å². The maximum Gasteiger partial charge on any atom is 0.241 e. The van der Waals surface area contributed by atoms with Crippen molar-refractivity contribution in [3.63, 3.8) is 0 Å². The average molecular weight is 423 g/mol. The van der Waals surface area contributed by atoms with Crippen molar-refractivity contribution in [1.29, 1.82) is 0 Å². The van der Waals surface area contributed by atoms with Crippen LogP contribution in [0.1, 0.15) is 29.2 Å². The van der Waals surface area contributed by atoms with Crippen LogP contribution in [0.25, 0.3) is 10.2 Å². The zero-order valence-corrected chi connectivity index (χ0v) is 18.1. The van der Waals surface area contributed by atoms with Gasteiger partial charge < -0.3 is 5.32 Å². The third-order valence-electron chi connectivity index (χ3n) is 5.59. The van der Waals surface area contributed by atoms with E-state index in [4.69, 9.17) is 4.98 Å². The number of anilines is 1. The van der Waals surface area contributed by atoms with Crippen LogP contribution in [0.2, 0.25) is 0 Å². The predicted octanol–water partition coefficient (Wildman–Crippen LogP) is 3.64. The SMILES string of the molecule is CC(=O)c1ccc(NC(=O)[C@@H](C)N2CCN(Cc3nc4ccccc4s3)CC2)cc1. The second-order valence-electron chi connectivity index (χ2n) is 7.69. The molecular weight excluding hydrogens is 396 g/mol. The molecule has 0 saturated carbocycles. The van der Waals surface area contributed by atoms with Crippen LogP contribution in [0.3, 0.4) is 0 Å². The van der Waals surface area contributed by atoms with E-state index in [1.165, 1.54) is 11.6 Å². The van der Waals surface area contributed by atoms with Crippen LogP contribution >= 0.6 is 11.3 Å². The summed E-state index contributed by atoms with van der Waals surface area (Å²) in [5, 5.41) is 4.10. The molecule has 156 valence electrons. The van der Waals surface area contributed by atoms with Crippen LogP contribution in [0.15, 0.2) is 48.5 Å². The van der Waals surface area contributed by atoms with Gasteiger partial charge in [0.25, 0.3) is 0 Å². The van der Waals surface area contributed by atoms with Gasteiger partial charge in [-0.2, -0.15) is 0 Å². The fraction of sp³-hybridized carbons (Fsp3) is 0.348. The molecule has 30 heavy (non-hydrogen) atoms. The normalized spacial score (nSPS) is 16.5. The first kappa shape index (κ1) is 20.7. The van der Waals surface area contributed by atoms with Crippen LogP contribution in [0, 0.1) is 0 Å². The van der Waals surface area contributed by atoms with E-state index in [1.807, 2.05) is 19.1 Å². The Morgan fingerprint density at radius 1 is 1.07 bits per heavy atom. The predicted molar refractivity (Wildman–Crippen MR) is 121 cm³/mol. The minimum atomic E-state index is -0.206. The number of hydrogen-bond acceptors (Lipinski definition) is 6. The van der Waals surface area contributed by atoms with E-state index >= 15 is 0 Å². The van der Waals surface area contributed by atoms with Crippen molar-refractivity contribution in [2.75, 3.05) is 31.5 Å². The van der Waals surface area contributed by atoms with Gasteiger partial charge in [-0.1, -0.05) is 12.1 Å². The van der Waals surface area contributed by atoms with Gasteiger partial charge in [0.05, 0.1) is 22.8 Å². The first-order valence-electron chi connectivity index (χ1n) is 10.2. The molecule has 1 N–H and O–H groups in total. The second-order valence-corrected chi connectivity index (χ2v) is 8.80. The number of Topliss-reactive ketones (excluding diaryl/α,β-unsaturated/α-hetero) is 1. The zero-order chi connectivity index (χ0) is 21.1. The molecule has 2 heterocycles. The van der Waals surface area contributed by atoms with Gasteiger partial charge in [0.15, 0.2) is 5.78 Å². The minimum Gasteiger partial charge on any atom is -0.325 e. The fourth-order valence-corrected chi connectivity index (χ4v) is 4.70. The maximum absolute atomic E-state index is 12.7. The van der Waals surface area contributed by atoms with E-state index < -0.39 is 0 Å². The van der Waals surface area contributed by atoms with Gasteiger partial charge in [0, 0.05) is 37.4 Å². The highest BCUT2D eigenvalue weighted by Crippen LogP contribution is 2.23. The molecule has 0 radical (unpaired) electrons. The van der Waals surface area contributed by atoms with Gasteiger partial charge in [-0.05, 0) is 50.2 Å². The number of thiazole rings is 1. The highest BCUT2D eigenvalue weighted by Gasteiger charge is 2.26. The number of piperazine rings is 1. The van der Waals surface area contributed by atoms with Gasteiger partial charge >= 0.3 is 0 Å². The standard InChI is InChI=1S/C23H26N4O2S/c1-16(23(29)24-19-9-7-18(8-10-19)17(2)28)27-13-11-26(12-14-27)15-22-25-20-5-3-4-6-21(20)30-22/h3-10,16H,11-15H2,1-2H3,(H,24,29)/t16-/m1/s1. The van der Waals surface area contributed by atoms with Crippen molar-refractivity contribution < 1.29 is 9.59 Å². The summed E-state index contributed by atoms with van der Waals surface area (Å²) in [6.07, 6.45) is 0. The number of nitrogens with one attached hydrogen (secondary N) is 1. The third kappa shape index (κ3) is 4.75. The molecule has 0 spiro atoms. The number of benzene rings is 2. The number of carbonyl (C=O) groups is 2. The first-order chi connectivity index (χ1) is 14.5. The average Bonchev–Trinajstić information content (AvgIpc) is 3.16. The molecule has 0 unspecified atom stereocenters. The van der Waals surface area contributed by atoms with Gasteiger partial charge in [-0.15, -0.1) is 11.3 Å². The summed E-state index contributed by atoms with van der Waals surface area (Å²) in [6, 6.07) is 15.1. The summed E-state index contributed by atoms with van der Waals surface area (Å²) in [5.41, 5.74) is 2.43. The molecule has 2 aromatic carbocycles. The van der Waals surface area contributed by atoms with Crippen molar-refractivity contribution in [1.82, 2.24) is 14.8 Å². The van der Waals surface area contributed by atoms with Crippen LogP contribution < -0.4 is 5.32 Å². The maximum atomic E-state index is 12.7. The molecule has 0 bridgehead atoms. The molecule has 4 rings (SSSR count). The summed E-state index contributed by atoms with van der Waals surface area (Å²) in [5.74, 6) is -0.00448. The molecular formula is C23H26N4O2S. The Labute approximate surface area is 180 Å². The number of fused-ring (bicyclic) bond motifs is 1. The molecule has 1 fully saturated rings. The Kier molecular flexibility index (Phi) is 6.22. The Morgan fingerprint density at radius 3 is 2.43 bits per heavy atom. The summed E-state index contributed by atoms with van der Waals surface area (Å²) in [7, 11) is 0. The van der Waals surface area contributed by atoms with Gasteiger partial charge in [0.2, 0.25) is 5.91 Å². The molecule has 6 nitrogen and oxygen atoms in total.